The van der Waals surface area contributed by atoms with Gasteiger partial charge in [-0.15, -0.1) is 0 Å². The van der Waals surface area contributed by atoms with Gasteiger partial charge in [-0.2, -0.15) is 18.3 Å². The average Bonchev–Trinajstić information content (AvgIpc) is 3.30. The van der Waals surface area contributed by atoms with Crippen molar-refractivity contribution >= 4 is 17.5 Å². The molecule has 1 saturated carbocycles. The molecule has 12 heteroatoms. The Balaban J connectivity index is 1.33. The Kier molecular flexibility index (Phi) is 5.32. The van der Waals surface area contributed by atoms with Crippen LogP contribution in [0.1, 0.15) is 53.7 Å². The SMILES string of the molecule is Cn1cc(N2CCCc3c(-c4nc(N[C@H]5CCC6(CC6)NC5)ncc4C(F)(F)F)c[nH]c3C2=O)cn1. The van der Waals surface area contributed by atoms with Gasteiger partial charge in [0.15, 0.2) is 0 Å². The van der Waals surface area contributed by atoms with Crippen LogP contribution in [0.25, 0.3) is 11.3 Å². The summed E-state index contributed by atoms with van der Waals surface area (Å²) < 4.78 is 43.6. The van der Waals surface area contributed by atoms with E-state index < -0.39 is 11.7 Å². The molecule has 3 N–H and O–H groups in total. The van der Waals surface area contributed by atoms with Crippen molar-refractivity contribution in [2.75, 3.05) is 23.3 Å². The maximum absolute atomic E-state index is 14.0. The third-order valence-electron chi connectivity index (χ3n) is 7.49. The molecule has 1 amide bonds. The van der Waals surface area contributed by atoms with Gasteiger partial charge in [0.05, 0.1) is 17.6 Å². The zero-order valence-electron chi connectivity index (χ0n) is 19.8. The number of aromatic amines is 1. The molecule has 0 aromatic carbocycles. The first-order valence-electron chi connectivity index (χ1n) is 12.2. The average molecular weight is 501 g/mol. The fourth-order valence-electron chi connectivity index (χ4n) is 5.29. The summed E-state index contributed by atoms with van der Waals surface area (Å²) in [6.07, 6.45) is 6.30. The highest BCUT2D eigenvalue weighted by Gasteiger charge is 2.45. The van der Waals surface area contributed by atoms with Crippen molar-refractivity contribution in [2.45, 2.75) is 56.3 Å². The fraction of sp³-hybridized carbons (Fsp3) is 0.500. The number of alkyl halides is 3. The van der Waals surface area contributed by atoms with Crippen molar-refractivity contribution in [3.05, 3.63) is 41.6 Å². The predicted octanol–water partition coefficient (Wildman–Crippen LogP) is 3.51. The minimum absolute atomic E-state index is 0.0405. The zero-order chi connectivity index (χ0) is 25.1. The van der Waals surface area contributed by atoms with E-state index in [0.717, 1.165) is 25.6 Å². The minimum Gasteiger partial charge on any atom is -0.356 e. The van der Waals surface area contributed by atoms with Gasteiger partial charge in [-0.05, 0) is 44.1 Å². The lowest BCUT2D eigenvalue weighted by atomic mass is 9.99. The monoisotopic (exact) mass is 500 g/mol. The summed E-state index contributed by atoms with van der Waals surface area (Å²) in [5, 5.41) is 10.9. The molecule has 1 aliphatic carbocycles. The van der Waals surface area contributed by atoms with E-state index in [1.54, 1.807) is 29.0 Å². The standard InChI is InChI=1S/C24H27F3N8O/c1-34-13-15(10-31-34)35-8-2-3-16-17(11-28-20(16)21(35)36)19-18(24(25,26)27)12-29-22(33-19)32-14-4-5-23(6-7-23)30-9-14/h10-14,28,30H,2-9H2,1H3,(H,29,32,33)/t14-/m0/s1. The minimum atomic E-state index is -4.64. The van der Waals surface area contributed by atoms with Crippen LogP contribution in [0.5, 0.6) is 0 Å². The number of amides is 1. The topological polar surface area (TPSA) is 104 Å². The Morgan fingerprint density at radius 1 is 1.22 bits per heavy atom. The van der Waals surface area contributed by atoms with Crippen LogP contribution in [0.2, 0.25) is 0 Å². The van der Waals surface area contributed by atoms with Gasteiger partial charge in [0.1, 0.15) is 11.3 Å². The Morgan fingerprint density at radius 2 is 2.06 bits per heavy atom. The van der Waals surface area contributed by atoms with E-state index in [1.165, 1.54) is 19.0 Å². The molecule has 0 bridgehead atoms. The Labute approximate surface area is 205 Å². The van der Waals surface area contributed by atoms with Crippen molar-refractivity contribution < 1.29 is 18.0 Å². The number of H-pyrrole nitrogens is 1. The molecular weight excluding hydrogens is 473 g/mol. The number of nitrogens with zero attached hydrogens (tertiary/aromatic N) is 5. The molecule has 3 aromatic heterocycles. The number of piperidine rings is 1. The van der Waals surface area contributed by atoms with Crippen LogP contribution in [-0.4, -0.2) is 55.3 Å². The van der Waals surface area contributed by atoms with Gasteiger partial charge in [0.2, 0.25) is 5.95 Å². The molecule has 190 valence electrons. The summed E-state index contributed by atoms with van der Waals surface area (Å²) in [6, 6.07) is 0.0405. The third kappa shape index (κ3) is 4.12. The second-order valence-corrected chi connectivity index (χ2v) is 9.98. The van der Waals surface area contributed by atoms with E-state index in [9.17, 15) is 18.0 Å². The zero-order valence-corrected chi connectivity index (χ0v) is 19.8. The summed E-state index contributed by atoms with van der Waals surface area (Å²) in [6.45, 7) is 1.16. The molecule has 1 saturated heterocycles. The largest absolute Gasteiger partial charge is 0.419 e. The molecule has 2 fully saturated rings. The lowest BCUT2D eigenvalue weighted by Gasteiger charge is -2.30. The van der Waals surface area contributed by atoms with Crippen molar-refractivity contribution in [1.82, 2.24) is 30.0 Å². The molecule has 0 unspecified atom stereocenters. The number of fused-ring (bicyclic) bond motifs is 1. The first kappa shape index (κ1) is 23.0. The van der Waals surface area contributed by atoms with Crippen LogP contribution in [0.4, 0.5) is 24.8 Å². The number of halogens is 3. The summed E-state index contributed by atoms with van der Waals surface area (Å²) in [4.78, 5) is 26.2. The summed E-state index contributed by atoms with van der Waals surface area (Å²) in [7, 11) is 1.76. The fourth-order valence-corrected chi connectivity index (χ4v) is 5.29. The number of hydrogen-bond donors (Lipinski definition) is 3. The van der Waals surface area contributed by atoms with Gasteiger partial charge in [0, 0.05) is 55.9 Å². The molecule has 3 aromatic rings. The number of carbonyl (C=O) groups is 1. The lowest BCUT2D eigenvalue weighted by Crippen LogP contribution is -2.46. The molecular formula is C24H27F3N8O. The third-order valence-corrected chi connectivity index (χ3v) is 7.49. The summed E-state index contributed by atoms with van der Waals surface area (Å²) in [5.74, 6) is -0.145. The molecule has 2 aliphatic heterocycles. The summed E-state index contributed by atoms with van der Waals surface area (Å²) in [5.41, 5.74) is 0.865. The first-order valence-corrected chi connectivity index (χ1v) is 12.2. The molecule has 1 atom stereocenters. The van der Waals surface area contributed by atoms with E-state index in [-0.39, 0.29) is 40.4 Å². The highest BCUT2D eigenvalue weighted by atomic mass is 19.4. The molecule has 6 rings (SSSR count). The Hall–Kier alpha value is -3.41. The second kappa shape index (κ2) is 8.32. The van der Waals surface area contributed by atoms with E-state index in [4.69, 9.17) is 0 Å². The van der Waals surface area contributed by atoms with Crippen LogP contribution in [0.3, 0.4) is 0 Å². The molecule has 9 nitrogen and oxygen atoms in total. The van der Waals surface area contributed by atoms with Crippen LogP contribution in [0, 0.1) is 0 Å². The maximum atomic E-state index is 14.0. The van der Waals surface area contributed by atoms with Gasteiger partial charge in [-0.25, -0.2) is 9.97 Å². The number of aryl methyl sites for hydroxylation is 1. The Morgan fingerprint density at radius 3 is 2.72 bits per heavy atom. The van der Waals surface area contributed by atoms with Crippen molar-refractivity contribution in [3.8, 4) is 11.3 Å². The number of rotatable bonds is 4. The van der Waals surface area contributed by atoms with E-state index in [2.05, 4.69) is 30.7 Å². The van der Waals surface area contributed by atoms with Crippen LogP contribution in [0.15, 0.2) is 24.8 Å². The first-order chi connectivity index (χ1) is 17.2. The molecule has 36 heavy (non-hydrogen) atoms. The van der Waals surface area contributed by atoms with Crippen molar-refractivity contribution in [1.29, 1.82) is 0 Å². The highest BCUT2D eigenvalue weighted by molar-refractivity contribution is 6.07. The quantitative estimate of drug-likeness (QED) is 0.507. The van der Waals surface area contributed by atoms with E-state index in [1.807, 2.05) is 0 Å². The van der Waals surface area contributed by atoms with Crippen LogP contribution in [-0.2, 0) is 19.6 Å². The maximum Gasteiger partial charge on any atom is 0.419 e. The van der Waals surface area contributed by atoms with Crippen LogP contribution < -0.4 is 15.5 Å². The lowest BCUT2D eigenvalue weighted by molar-refractivity contribution is -0.137. The number of hydrogen-bond acceptors (Lipinski definition) is 6. The smallest absolute Gasteiger partial charge is 0.356 e. The molecule has 0 radical (unpaired) electrons. The number of carbonyl (C=O) groups excluding carboxylic acids is 1. The van der Waals surface area contributed by atoms with Crippen molar-refractivity contribution in [2.24, 2.45) is 7.05 Å². The van der Waals surface area contributed by atoms with Crippen LogP contribution >= 0.6 is 0 Å². The van der Waals surface area contributed by atoms with Gasteiger partial charge in [0.25, 0.3) is 5.91 Å². The van der Waals surface area contributed by atoms with E-state index >= 15 is 0 Å². The summed E-state index contributed by atoms with van der Waals surface area (Å²) >= 11 is 0. The van der Waals surface area contributed by atoms with Gasteiger partial charge < -0.3 is 20.5 Å². The number of nitrogens with one attached hydrogen (secondary N) is 3. The molecule has 3 aliphatic rings. The highest BCUT2D eigenvalue weighted by Crippen LogP contribution is 2.42. The number of anilines is 2. The normalized spacial score (nSPS) is 21.4. The van der Waals surface area contributed by atoms with Gasteiger partial charge >= 0.3 is 6.18 Å². The molecule has 5 heterocycles. The number of aromatic nitrogens is 5. The van der Waals surface area contributed by atoms with Gasteiger partial charge in [-0.3, -0.25) is 9.48 Å². The second-order valence-electron chi connectivity index (χ2n) is 9.98. The van der Waals surface area contributed by atoms with E-state index in [0.29, 0.717) is 30.6 Å². The van der Waals surface area contributed by atoms with Crippen molar-refractivity contribution in [3.63, 3.8) is 0 Å². The predicted molar refractivity (Wildman–Crippen MR) is 127 cm³/mol. The van der Waals surface area contributed by atoms with Gasteiger partial charge in [-0.1, -0.05) is 0 Å². The Bertz CT molecular complexity index is 1300. The molecule has 1 spiro atoms.